The number of hydrogen-bond acceptors (Lipinski definition) is 6. The lowest BCUT2D eigenvalue weighted by Gasteiger charge is -2.34. The Balaban J connectivity index is 1.48. The van der Waals surface area contributed by atoms with Crippen LogP contribution in [-0.4, -0.2) is 76.5 Å². The van der Waals surface area contributed by atoms with E-state index in [1.54, 1.807) is 18.5 Å². The monoisotopic (exact) mass is 440 g/mol. The summed E-state index contributed by atoms with van der Waals surface area (Å²) in [5.74, 6) is 1.78. The van der Waals surface area contributed by atoms with Crippen molar-refractivity contribution in [2.24, 2.45) is 5.92 Å². The molecule has 3 rings (SSSR count). The van der Waals surface area contributed by atoms with Crippen molar-refractivity contribution < 1.29 is 22.6 Å². The van der Waals surface area contributed by atoms with Gasteiger partial charge in [-0.05, 0) is 37.0 Å². The molecule has 1 unspecified atom stereocenters. The van der Waals surface area contributed by atoms with E-state index < -0.39 is 10.0 Å². The Morgan fingerprint density at radius 2 is 1.77 bits per heavy atom. The average molecular weight is 441 g/mol. The SMILES string of the molecule is COc1ccc(OC)c(CN2CCN(S(=O)(=O)CC(C)COC3CCCC3)CC2)c1. The molecule has 1 heterocycles. The lowest BCUT2D eigenvalue weighted by Crippen LogP contribution is -2.49. The third-order valence-corrected chi connectivity index (χ3v) is 8.16. The molecule has 7 nitrogen and oxygen atoms in total. The zero-order chi connectivity index (χ0) is 21.6. The molecule has 170 valence electrons. The quantitative estimate of drug-likeness (QED) is 0.557. The molecule has 0 bridgehead atoms. The number of nitrogens with zero attached hydrogens (tertiary/aromatic N) is 2. The van der Waals surface area contributed by atoms with E-state index in [1.807, 2.05) is 25.1 Å². The summed E-state index contributed by atoms with van der Waals surface area (Å²) in [5.41, 5.74) is 1.05. The van der Waals surface area contributed by atoms with Gasteiger partial charge in [-0.2, -0.15) is 4.31 Å². The second kappa shape index (κ2) is 10.8. The Morgan fingerprint density at radius 1 is 1.07 bits per heavy atom. The fraction of sp³-hybridized carbons (Fsp3) is 0.727. The fourth-order valence-corrected chi connectivity index (χ4v) is 6.03. The molecule has 0 N–H and O–H groups in total. The summed E-state index contributed by atoms with van der Waals surface area (Å²) in [6.07, 6.45) is 5.00. The van der Waals surface area contributed by atoms with Crippen LogP contribution < -0.4 is 9.47 Å². The number of piperazine rings is 1. The van der Waals surface area contributed by atoms with Gasteiger partial charge in [-0.1, -0.05) is 19.8 Å². The lowest BCUT2D eigenvalue weighted by molar-refractivity contribution is 0.0409. The summed E-state index contributed by atoms with van der Waals surface area (Å²) >= 11 is 0. The van der Waals surface area contributed by atoms with E-state index in [9.17, 15) is 8.42 Å². The van der Waals surface area contributed by atoms with E-state index in [4.69, 9.17) is 14.2 Å². The number of methoxy groups -OCH3 is 2. The highest BCUT2D eigenvalue weighted by Gasteiger charge is 2.29. The number of ether oxygens (including phenoxy) is 3. The summed E-state index contributed by atoms with van der Waals surface area (Å²) in [6, 6.07) is 5.77. The molecule has 2 aliphatic rings. The Labute approximate surface area is 181 Å². The highest BCUT2D eigenvalue weighted by atomic mass is 32.2. The van der Waals surface area contributed by atoms with Gasteiger partial charge in [0.2, 0.25) is 10.0 Å². The first-order chi connectivity index (χ1) is 14.4. The molecule has 30 heavy (non-hydrogen) atoms. The van der Waals surface area contributed by atoms with Crippen LogP contribution in [0, 0.1) is 5.92 Å². The lowest BCUT2D eigenvalue weighted by atomic mass is 10.1. The second-order valence-electron chi connectivity index (χ2n) is 8.48. The van der Waals surface area contributed by atoms with Gasteiger partial charge in [-0.25, -0.2) is 8.42 Å². The summed E-state index contributed by atoms with van der Waals surface area (Å²) in [7, 11) is 0.0419. The van der Waals surface area contributed by atoms with Gasteiger partial charge in [0.05, 0.1) is 32.7 Å². The van der Waals surface area contributed by atoms with Crippen LogP contribution >= 0.6 is 0 Å². The summed E-state index contributed by atoms with van der Waals surface area (Å²) in [6.45, 7) is 5.64. The molecule has 1 aromatic carbocycles. The zero-order valence-corrected chi connectivity index (χ0v) is 19.3. The topological polar surface area (TPSA) is 68.3 Å². The molecule has 0 amide bonds. The van der Waals surface area contributed by atoms with Crippen molar-refractivity contribution in [1.29, 1.82) is 0 Å². The first-order valence-electron chi connectivity index (χ1n) is 10.9. The van der Waals surface area contributed by atoms with E-state index in [0.29, 0.717) is 45.4 Å². The van der Waals surface area contributed by atoms with E-state index in [1.165, 1.54) is 12.8 Å². The van der Waals surface area contributed by atoms with Gasteiger partial charge in [0, 0.05) is 38.3 Å². The largest absolute Gasteiger partial charge is 0.497 e. The molecule has 0 spiro atoms. The van der Waals surface area contributed by atoms with Gasteiger partial charge in [0.25, 0.3) is 0 Å². The van der Waals surface area contributed by atoms with Gasteiger partial charge >= 0.3 is 0 Å². The van der Waals surface area contributed by atoms with Crippen LogP contribution in [0.4, 0.5) is 0 Å². The smallest absolute Gasteiger partial charge is 0.214 e. The van der Waals surface area contributed by atoms with Crippen LogP contribution in [0.5, 0.6) is 11.5 Å². The number of benzene rings is 1. The van der Waals surface area contributed by atoms with Crippen LogP contribution in [0.15, 0.2) is 18.2 Å². The van der Waals surface area contributed by atoms with Crippen LogP contribution in [0.25, 0.3) is 0 Å². The highest BCUT2D eigenvalue weighted by molar-refractivity contribution is 7.89. The maximum atomic E-state index is 12.9. The molecule has 8 heteroatoms. The molecule has 1 aromatic rings. The number of hydrogen-bond donors (Lipinski definition) is 0. The van der Waals surface area contributed by atoms with Crippen LogP contribution in [0.1, 0.15) is 38.2 Å². The third kappa shape index (κ3) is 6.33. The number of rotatable bonds is 10. The first-order valence-corrected chi connectivity index (χ1v) is 12.5. The van der Waals surface area contributed by atoms with Crippen molar-refractivity contribution in [1.82, 2.24) is 9.21 Å². The molecule has 1 saturated carbocycles. The molecule has 1 aliphatic carbocycles. The summed E-state index contributed by atoms with van der Waals surface area (Å²) in [4.78, 5) is 2.26. The van der Waals surface area contributed by atoms with Crippen molar-refractivity contribution in [2.45, 2.75) is 45.3 Å². The van der Waals surface area contributed by atoms with Crippen molar-refractivity contribution in [2.75, 3.05) is 52.8 Å². The van der Waals surface area contributed by atoms with E-state index in [2.05, 4.69) is 4.90 Å². The minimum atomic E-state index is -3.27. The molecule has 1 saturated heterocycles. The van der Waals surface area contributed by atoms with E-state index in [0.717, 1.165) is 29.9 Å². The van der Waals surface area contributed by atoms with Crippen LogP contribution in [-0.2, 0) is 21.3 Å². The molecule has 1 aliphatic heterocycles. The predicted octanol–water partition coefficient (Wildman–Crippen LogP) is 2.75. The zero-order valence-electron chi connectivity index (χ0n) is 18.5. The van der Waals surface area contributed by atoms with Gasteiger partial charge in [0.15, 0.2) is 0 Å². The average Bonchev–Trinajstić information content (AvgIpc) is 3.26. The molecular formula is C22H36N2O5S. The first kappa shape index (κ1) is 23.3. The van der Waals surface area contributed by atoms with Gasteiger partial charge in [0.1, 0.15) is 11.5 Å². The van der Waals surface area contributed by atoms with Crippen molar-refractivity contribution in [3.63, 3.8) is 0 Å². The Morgan fingerprint density at radius 3 is 2.40 bits per heavy atom. The summed E-state index contributed by atoms with van der Waals surface area (Å²) < 4.78 is 44.0. The standard InChI is InChI=1S/C22H36N2O5S/c1-18(16-29-20-6-4-5-7-20)17-30(25,26)24-12-10-23(11-13-24)15-19-14-21(27-2)8-9-22(19)28-3/h8-9,14,18,20H,4-7,10-13,15-17H2,1-3H3. The van der Waals surface area contributed by atoms with Crippen molar-refractivity contribution in [3.8, 4) is 11.5 Å². The minimum Gasteiger partial charge on any atom is -0.497 e. The molecule has 0 aromatic heterocycles. The molecule has 0 radical (unpaired) electrons. The van der Waals surface area contributed by atoms with Crippen LogP contribution in [0.2, 0.25) is 0 Å². The minimum absolute atomic E-state index is 0.00896. The highest BCUT2D eigenvalue weighted by Crippen LogP contribution is 2.26. The third-order valence-electron chi connectivity index (χ3n) is 6.02. The summed E-state index contributed by atoms with van der Waals surface area (Å²) in [5, 5.41) is 0. The van der Waals surface area contributed by atoms with Gasteiger partial charge in [-0.3, -0.25) is 4.90 Å². The van der Waals surface area contributed by atoms with E-state index in [-0.39, 0.29) is 11.7 Å². The maximum Gasteiger partial charge on any atom is 0.214 e. The van der Waals surface area contributed by atoms with Gasteiger partial charge < -0.3 is 14.2 Å². The van der Waals surface area contributed by atoms with Crippen molar-refractivity contribution in [3.05, 3.63) is 23.8 Å². The fourth-order valence-electron chi connectivity index (χ4n) is 4.28. The molecule has 2 fully saturated rings. The normalized spacial score (nSPS) is 20.4. The Hall–Kier alpha value is -1.35. The van der Waals surface area contributed by atoms with Crippen molar-refractivity contribution >= 4 is 10.0 Å². The van der Waals surface area contributed by atoms with Crippen LogP contribution in [0.3, 0.4) is 0 Å². The maximum absolute atomic E-state index is 12.9. The Kier molecular flexibility index (Phi) is 8.39. The molecule has 1 atom stereocenters. The van der Waals surface area contributed by atoms with Gasteiger partial charge in [-0.15, -0.1) is 0 Å². The number of sulfonamides is 1. The Bertz CT molecular complexity index is 772. The second-order valence-corrected chi connectivity index (χ2v) is 10.5. The predicted molar refractivity (Wildman–Crippen MR) is 118 cm³/mol. The van der Waals surface area contributed by atoms with E-state index >= 15 is 0 Å². The molecular weight excluding hydrogens is 404 g/mol.